The molecule has 0 aliphatic carbocycles. The zero-order valence-corrected chi connectivity index (χ0v) is 7.94. The van der Waals surface area contributed by atoms with Gasteiger partial charge in [-0.25, -0.2) is 0 Å². The van der Waals surface area contributed by atoms with Crippen LogP contribution in [0.1, 0.15) is 17.2 Å². The lowest BCUT2D eigenvalue weighted by Crippen LogP contribution is -2.44. The number of carbonyl (C=O) groups is 1. The van der Waals surface area contributed by atoms with E-state index in [9.17, 15) is 4.79 Å². The minimum Gasteiger partial charge on any atom is -0.329 e. The fourth-order valence-electron chi connectivity index (χ4n) is 1.96. The van der Waals surface area contributed by atoms with Crippen molar-refractivity contribution >= 4 is 6.29 Å². The van der Waals surface area contributed by atoms with Gasteiger partial charge < -0.3 is 10.5 Å². The SMILES string of the molecule is NCC1Cc2ccccc2C(C=O)N1. The average Bonchev–Trinajstić information content (AvgIpc) is 2.27. The molecule has 2 rings (SSSR count). The van der Waals surface area contributed by atoms with E-state index in [4.69, 9.17) is 5.73 Å². The Hall–Kier alpha value is -1.19. The standard InChI is InChI=1S/C11H14N2O/c12-6-9-5-8-3-1-2-4-10(8)11(7-14)13-9/h1-4,7,9,11,13H,5-6,12H2. The molecule has 0 bridgehead atoms. The molecular formula is C11H14N2O. The third-order valence-corrected chi connectivity index (χ3v) is 2.69. The molecule has 0 aromatic heterocycles. The van der Waals surface area contributed by atoms with Crippen LogP contribution in [-0.2, 0) is 11.2 Å². The van der Waals surface area contributed by atoms with Gasteiger partial charge in [0.1, 0.15) is 6.29 Å². The Morgan fingerprint density at radius 3 is 3.00 bits per heavy atom. The molecule has 1 aliphatic heterocycles. The first kappa shape index (κ1) is 9.37. The van der Waals surface area contributed by atoms with Gasteiger partial charge in [0, 0.05) is 12.6 Å². The van der Waals surface area contributed by atoms with E-state index in [-0.39, 0.29) is 12.1 Å². The van der Waals surface area contributed by atoms with Gasteiger partial charge in [0.15, 0.2) is 0 Å². The predicted molar refractivity (Wildman–Crippen MR) is 54.9 cm³/mol. The largest absolute Gasteiger partial charge is 0.329 e. The molecule has 1 heterocycles. The van der Waals surface area contributed by atoms with Crippen LogP contribution in [0, 0.1) is 0 Å². The van der Waals surface area contributed by atoms with Crippen molar-refractivity contribution in [3.8, 4) is 0 Å². The smallest absolute Gasteiger partial charge is 0.141 e. The zero-order chi connectivity index (χ0) is 9.97. The monoisotopic (exact) mass is 190 g/mol. The fraction of sp³-hybridized carbons (Fsp3) is 0.364. The number of benzene rings is 1. The molecule has 0 radical (unpaired) electrons. The van der Waals surface area contributed by atoms with E-state index < -0.39 is 0 Å². The Morgan fingerprint density at radius 2 is 2.29 bits per heavy atom. The van der Waals surface area contributed by atoms with E-state index in [1.165, 1.54) is 5.56 Å². The molecule has 1 aliphatic rings. The second kappa shape index (κ2) is 3.90. The molecule has 2 atom stereocenters. The zero-order valence-electron chi connectivity index (χ0n) is 7.94. The first-order valence-corrected chi connectivity index (χ1v) is 4.84. The van der Waals surface area contributed by atoms with E-state index >= 15 is 0 Å². The molecule has 0 saturated carbocycles. The summed E-state index contributed by atoms with van der Waals surface area (Å²) in [5.74, 6) is 0. The van der Waals surface area contributed by atoms with Crippen LogP contribution in [0.3, 0.4) is 0 Å². The van der Waals surface area contributed by atoms with Gasteiger partial charge in [-0.2, -0.15) is 0 Å². The van der Waals surface area contributed by atoms with E-state index in [0.717, 1.165) is 18.3 Å². The lowest BCUT2D eigenvalue weighted by atomic mass is 9.91. The van der Waals surface area contributed by atoms with Gasteiger partial charge in [-0.15, -0.1) is 0 Å². The van der Waals surface area contributed by atoms with Crippen molar-refractivity contribution in [3.05, 3.63) is 35.4 Å². The molecule has 0 fully saturated rings. The van der Waals surface area contributed by atoms with E-state index in [2.05, 4.69) is 11.4 Å². The van der Waals surface area contributed by atoms with Crippen LogP contribution >= 0.6 is 0 Å². The van der Waals surface area contributed by atoms with Crippen molar-refractivity contribution in [1.29, 1.82) is 0 Å². The number of nitrogens with two attached hydrogens (primary N) is 1. The lowest BCUT2D eigenvalue weighted by Gasteiger charge is -2.29. The highest BCUT2D eigenvalue weighted by Gasteiger charge is 2.24. The van der Waals surface area contributed by atoms with Gasteiger partial charge in [-0.1, -0.05) is 24.3 Å². The maximum Gasteiger partial charge on any atom is 0.141 e. The number of nitrogens with one attached hydrogen (secondary N) is 1. The van der Waals surface area contributed by atoms with Crippen molar-refractivity contribution in [2.24, 2.45) is 5.73 Å². The topological polar surface area (TPSA) is 55.1 Å². The van der Waals surface area contributed by atoms with Crippen molar-refractivity contribution < 1.29 is 4.79 Å². The maximum atomic E-state index is 10.9. The summed E-state index contributed by atoms with van der Waals surface area (Å²) in [5.41, 5.74) is 7.92. The summed E-state index contributed by atoms with van der Waals surface area (Å²) in [6.07, 6.45) is 1.86. The molecule has 1 aromatic carbocycles. The molecule has 3 N–H and O–H groups in total. The Balaban J connectivity index is 2.35. The van der Waals surface area contributed by atoms with Crippen molar-refractivity contribution in [2.45, 2.75) is 18.5 Å². The lowest BCUT2D eigenvalue weighted by molar-refractivity contribution is -0.110. The highest BCUT2D eigenvalue weighted by molar-refractivity contribution is 5.63. The van der Waals surface area contributed by atoms with Crippen LogP contribution in [0.5, 0.6) is 0 Å². The Morgan fingerprint density at radius 1 is 1.50 bits per heavy atom. The molecule has 0 saturated heterocycles. The van der Waals surface area contributed by atoms with Crippen molar-refractivity contribution in [2.75, 3.05) is 6.54 Å². The van der Waals surface area contributed by atoms with Crippen LogP contribution in [0.2, 0.25) is 0 Å². The van der Waals surface area contributed by atoms with Gasteiger partial charge >= 0.3 is 0 Å². The number of hydrogen-bond donors (Lipinski definition) is 2. The summed E-state index contributed by atoms with van der Waals surface area (Å²) in [6, 6.07) is 8.05. The third-order valence-electron chi connectivity index (χ3n) is 2.69. The quantitative estimate of drug-likeness (QED) is 0.664. The maximum absolute atomic E-state index is 10.9. The minimum atomic E-state index is -0.187. The summed E-state index contributed by atoms with van der Waals surface area (Å²) in [4.78, 5) is 10.9. The summed E-state index contributed by atoms with van der Waals surface area (Å²) in [6.45, 7) is 0.568. The highest BCUT2D eigenvalue weighted by atomic mass is 16.1. The minimum absolute atomic E-state index is 0.187. The number of hydrogen-bond acceptors (Lipinski definition) is 3. The number of fused-ring (bicyclic) bond motifs is 1. The van der Waals surface area contributed by atoms with Crippen LogP contribution in [-0.4, -0.2) is 18.9 Å². The van der Waals surface area contributed by atoms with Gasteiger partial charge in [-0.05, 0) is 17.5 Å². The Bertz CT molecular complexity index is 338. The molecule has 0 amide bonds. The first-order chi connectivity index (χ1) is 6.85. The fourth-order valence-corrected chi connectivity index (χ4v) is 1.96. The van der Waals surface area contributed by atoms with Crippen LogP contribution in [0.4, 0.5) is 0 Å². The van der Waals surface area contributed by atoms with Gasteiger partial charge in [0.05, 0.1) is 6.04 Å². The molecule has 0 spiro atoms. The van der Waals surface area contributed by atoms with Crippen LogP contribution in [0.15, 0.2) is 24.3 Å². The summed E-state index contributed by atoms with van der Waals surface area (Å²) >= 11 is 0. The van der Waals surface area contributed by atoms with E-state index in [0.29, 0.717) is 6.54 Å². The highest BCUT2D eigenvalue weighted by Crippen LogP contribution is 2.23. The van der Waals surface area contributed by atoms with Crippen molar-refractivity contribution in [1.82, 2.24) is 5.32 Å². The third kappa shape index (κ3) is 1.56. The molecular weight excluding hydrogens is 176 g/mol. The molecule has 1 aromatic rings. The molecule has 14 heavy (non-hydrogen) atoms. The van der Waals surface area contributed by atoms with Gasteiger partial charge in [0.25, 0.3) is 0 Å². The average molecular weight is 190 g/mol. The number of rotatable bonds is 2. The summed E-state index contributed by atoms with van der Waals surface area (Å²) < 4.78 is 0. The second-order valence-electron chi connectivity index (χ2n) is 3.62. The van der Waals surface area contributed by atoms with Crippen LogP contribution in [0.25, 0.3) is 0 Å². The van der Waals surface area contributed by atoms with E-state index in [1.54, 1.807) is 0 Å². The van der Waals surface area contributed by atoms with Gasteiger partial charge in [0.2, 0.25) is 0 Å². The molecule has 3 nitrogen and oxygen atoms in total. The summed E-state index contributed by atoms with van der Waals surface area (Å²) in [5, 5.41) is 3.22. The second-order valence-corrected chi connectivity index (χ2v) is 3.62. The van der Waals surface area contributed by atoms with E-state index in [1.807, 2.05) is 18.2 Å². The predicted octanol–water partition coefficient (Wildman–Crippen LogP) is 0.400. The molecule has 2 unspecified atom stereocenters. The Labute approximate surface area is 83.3 Å². The molecule has 3 heteroatoms. The molecule has 74 valence electrons. The van der Waals surface area contributed by atoms with Crippen LogP contribution < -0.4 is 11.1 Å². The van der Waals surface area contributed by atoms with Gasteiger partial charge in [-0.3, -0.25) is 5.32 Å². The Kier molecular flexibility index (Phi) is 2.61. The summed E-state index contributed by atoms with van der Waals surface area (Å²) in [7, 11) is 0. The number of aldehydes is 1. The normalized spacial score (nSPS) is 25.5. The number of carbonyl (C=O) groups excluding carboxylic acids is 1. The first-order valence-electron chi connectivity index (χ1n) is 4.84. The van der Waals surface area contributed by atoms with Crippen molar-refractivity contribution in [3.63, 3.8) is 0 Å².